The van der Waals surface area contributed by atoms with Gasteiger partial charge in [-0.1, -0.05) is 12.5 Å². The van der Waals surface area contributed by atoms with Crippen molar-refractivity contribution in [2.24, 2.45) is 5.92 Å². The van der Waals surface area contributed by atoms with Crippen LogP contribution in [0.3, 0.4) is 0 Å². The van der Waals surface area contributed by atoms with E-state index in [0.29, 0.717) is 5.82 Å². The molecule has 0 bridgehead atoms. The van der Waals surface area contributed by atoms with E-state index in [-0.39, 0.29) is 11.8 Å². The number of carbonyl (C=O) groups is 1. The number of nitrogens with zero attached hydrogens (tertiary/aromatic N) is 5. The molecule has 0 radical (unpaired) electrons. The van der Waals surface area contributed by atoms with Gasteiger partial charge in [-0.3, -0.25) is 4.79 Å². The Bertz CT molecular complexity index is 708. The van der Waals surface area contributed by atoms with Crippen LogP contribution in [0.15, 0.2) is 36.5 Å². The maximum absolute atomic E-state index is 12.0. The number of anilines is 3. The summed E-state index contributed by atoms with van der Waals surface area (Å²) in [7, 11) is 0. The van der Waals surface area contributed by atoms with Gasteiger partial charge in [-0.25, -0.2) is 4.98 Å². The minimum absolute atomic E-state index is 0.0669. The van der Waals surface area contributed by atoms with E-state index in [1.807, 2.05) is 36.5 Å². The van der Waals surface area contributed by atoms with Crippen molar-refractivity contribution in [2.45, 2.75) is 19.3 Å². The van der Waals surface area contributed by atoms with Crippen molar-refractivity contribution in [1.82, 2.24) is 15.2 Å². The number of rotatable bonds is 4. The number of pyridine rings is 1. The highest BCUT2D eigenvalue weighted by Gasteiger charge is 2.25. The van der Waals surface area contributed by atoms with Gasteiger partial charge in [-0.2, -0.15) is 0 Å². The summed E-state index contributed by atoms with van der Waals surface area (Å²) in [6.45, 7) is 3.55. The van der Waals surface area contributed by atoms with Crippen molar-refractivity contribution in [3.8, 4) is 0 Å². The SMILES string of the molecule is O=C(Nc1ccc(N2CCN(c3ccccn3)CC2)nn1)C1CCC1. The molecule has 1 aliphatic carbocycles. The molecular formula is C18H22N6O. The van der Waals surface area contributed by atoms with Gasteiger partial charge in [0, 0.05) is 38.3 Å². The lowest BCUT2D eigenvalue weighted by atomic mass is 9.85. The third kappa shape index (κ3) is 3.55. The molecule has 2 aliphatic rings. The lowest BCUT2D eigenvalue weighted by Gasteiger charge is -2.35. The molecule has 4 rings (SSSR count). The molecule has 7 nitrogen and oxygen atoms in total. The Balaban J connectivity index is 1.33. The molecule has 2 aromatic rings. The smallest absolute Gasteiger partial charge is 0.228 e. The monoisotopic (exact) mass is 338 g/mol. The number of hydrogen-bond donors (Lipinski definition) is 1. The largest absolute Gasteiger partial charge is 0.353 e. The van der Waals surface area contributed by atoms with E-state index in [1.54, 1.807) is 0 Å². The molecule has 7 heteroatoms. The Labute approximate surface area is 147 Å². The highest BCUT2D eigenvalue weighted by molar-refractivity contribution is 5.92. The first-order valence-corrected chi connectivity index (χ1v) is 8.85. The van der Waals surface area contributed by atoms with Crippen LogP contribution in [0.5, 0.6) is 0 Å². The van der Waals surface area contributed by atoms with Gasteiger partial charge in [-0.05, 0) is 37.1 Å². The van der Waals surface area contributed by atoms with Crippen molar-refractivity contribution in [3.05, 3.63) is 36.5 Å². The van der Waals surface area contributed by atoms with Crippen molar-refractivity contribution in [1.29, 1.82) is 0 Å². The zero-order chi connectivity index (χ0) is 17.1. The average molecular weight is 338 g/mol. The predicted octanol–water partition coefficient (Wildman–Crippen LogP) is 1.94. The van der Waals surface area contributed by atoms with E-state index < -0.39 is 0 Å². The standard InChI is InChI=1S/C18H22N6O/c25-18(14-4-3-5-14)20-15-7-8-17(22-21-15)24-12-10-23(11-13-24)16-6-1-2-9-19-16/h1-2,6-9,14H,3-5,10-13H2,(H,20,21,25). The van der Waals surface area contributed by atoms with E-state index in [0.717, 1.165) is 57.1 Å². The summed E-state index contributed by atoms with van der Waals surface area (Å²) in [6.07, 6.45) is 4.94. The van der Waals surface area contributed by atoms with Gasteiger partial charge in [-0.15, -0.1) is 10.2 Å². The van der Waals surface area contributed by atoms with Crippen LogP contribution in [-0.4, -0.2) is 47.3 Å². The zero-order valence-corrected chi connectivity index (χ0v) is 14.1. The molecule has 3 heterocycles. The third-order valence-corrected chi connectivity index (χ3v) is 4.95. The van der Waals surface area contributed by atoms with E-state index >= 15 is 0 Å². The number of nitrogens with one attached hydrogen (secondary N) is 1. The normalized spacial score (nSPS) is 17.9. The highest BCUT2D eigenvalue weighted by Crippen LogP contribution is 2.27. The molecule has 25 heavy (non-hydrogen) atoms. The predicted molar refractivity (Wildman–Crippen MR) is 96.7 cm³/mol. The molecule has 0 unspecified atom stereocenters. The number of amides is 1. The van der Waals surface area contributed by atoms with Crippen LogP contribution in [0.1, 0.15) is 19.3 Å². The molecule has 2 fully saturated rings. The molecule has 1 saturated carbocycles. The molecule has 1 amide bonds. The third-order valence-electron chi connectivity index (χ3n) is 4.95. The molecule has 2 aromatic heterocycles. The summed E-state index contributed by atoms with van der Waals surface area (Å²) in [5.74, 6) is 2.62. The second-order valence-corrected chi connectivity index (χ2v) is 6.56. The second-order valence-electron chi connectivity index (χ2n) is 6.56. The summed E-state index contributed by atoms with van der Waals surface area (Å²) >= 11 is 0. The molecule has 1 N–H and O–H groups in total. The molecule has 130 valence electrons. The quantitative estimate of drug-likeness (QED) is 0.918. The topological polar surface area (TPSA) is 74.2 Å². The highest BCUT2D eigenvalue weighted by atomic mass is 16.2. The van der Waals surface area contributed by atoms with E-state index in [2.05, 4.69) is 30.3 Å². The van der Waals surface area contributed by atoms with Crippen LogP contribution >= 0.6 is 0 Å². The Kier molecular flexibility index (Phi) is 4.45. The van der Waals surface area contributed by atoms with Gasteiger partial charge in [0.2, 0.25) is 5.91 Å². The Morgan fingerprint density at radius 3 is 2.28 bits per heavy atom. The maximum atomic E-state index is 12.0. The molecular weight excluding hydrogens is 316 g/mol. The van der Waals surface area contributed by atoms with Crippen molar-refractivity contribution in [2.75, 3.05) is 41.3 Å². The number of carbonyl (C=O) groups excluding carboxylic acids is 1. The van der Waals surface area contributed by atoms with E-state index in [9.17, 15) is 4.79 Å². The Morgan fingerprint density at radius 1 is 0.960 bits per heavy atom. The molecule has 0 atom stereocenters. The van der Waals surface area contributed by atoms with Crippen LogP contribution in [-0.2, 0) is 4.79 Å². The van der Waals surface area contributed by atoms with Crippen LogP contribution in [0, 0.1) is 5.92 Å². The van der Waals surface area contributed by atoms with Crippen molar-refractivity contribution < 1.29 is 4.79 Å². The first kappa shape index (κ1) is 15.8. The molecule has 1 aliphatic heterocycles. The van der Waals surface area contributed by atoms with Crippen LogP contribution in [0.2, 0.25) is 0 Å². The first-order valence-electron chi connectivity index (χ1n) is 8.85. The number of aromatic nitrogens is 3. The van der Waals surface area contributed by atoms with E-state index in [4.69, 9.17) is 0 Å². The fraction of sp³-hybridized carbons (Fsp3) is 0.444. The Hall–Kier alpha value is -2.70. The van der Waals surface area contributed by atoms with Gasteiger partial charge in [0.05, 0.1) is 0 Å². The molecule has 1 saturated heterocycles. The van der Waals surface area contributed by atoms with Gasteiger partial charge < -0.3 is 15.1 Å². The fourth-order valence-corrected chi connectivity index (χ4v) is 3.16. The average Bonchev–Trinajstić information content (AvgIpc) is 2.62. The number of hydrogen-bond acceptors (Lipinski definition) is 6. The molecule has 0 spiro atoms. The summed E-state index contributed by atoms with van der Waals surface area (Å²) in [6, 6.07) is 9.75. The minimum Gasteiger partial charge on any atom is -0.353 e. The van der Waals surface area contributed by atoms with Gasteiger partial charge in [0.25, 0.3) is 0 Å². The fourth-order valence-electron chi connectivity index (χ4n) is 3.16. The maximum Gasteiger partial charge on any atom is 0.228 e. The summed E-state index contributed by atoms with van der Waals surface area (Å²) < 4.78 is 0. The van der Waals surface area contributed by atoms with Gasteiger partial charge >= 0.3 is 0 Å². The van der Waals surface area contributed by atoms with E-state index in [1.165, 1.54) is 0 Å². The summed E-state index contributed by atoms with van der Waals surface area (Å²) in [5, 5.41) is 11.3. The van der Waals surface area contributed by atoms with Crippen LogP contribution in [0.4, 0.5) is 17.5 Å². The van der Waals surface area contributed by atoms with Gasteiger partial charge in [0.15, 0.2) is 11.6 Å². The van der Waals surface area contributed by atoms with Gasteiger partial charge in [0.1, 0.15) is 5.82 Å². The van der Waals surface area contributed by atoms with Crippen LogP contribution in [0.25, 0.3) is 0 Å². The first-order chi connectivity index (χ1) is 12.3. The summed E-state index contributed by atoms with van der Waals surface area (Å²) in [5.41, 5.74) is 0. The number of piperazine rings is 1. The lowest BCUT2D eigenvalue weighted by Crippen LogP contribution is -2.47. The van der Waals surface area contributed by atoms with Crippen molar-refractivity contribution in [3.63, 3.8) is 0 Å². The van der Waals surface area contributed by atoms with Crippen molar-refractivity contribution >= 4 is 23.4 Å². The molecule has 0 aromatic carbocycles. The Morgan fingerprint density at radius 2 is 1.72 bits per heavy atom. The second kappa shape index (κ2) is 7.04. The van der Waals surface area contributed by atoms with Crippen LogP contribution < -0.4 is 15.1 Å². The summed E-state index contributed by atoms with van der Waals surface area (Å²) in [4.78, 5) is 20.8. The lowest BCUT2D eigenvalue weighted by molar-refractivity contribution is -0.122. The minimum atomic E-state index is 0.0669. The zero-order valence-electron chi connectivity index (χ0n) is 14.1.